The number of hydrogen-bond donors (Lipinski definition) is 0. The van der Waals surface area contributed by atoms with Crippen molar-refractivity contribution in [3.05, 3.63) is 146 Å². The van der Waals surface area contributed by atoms with E-state index in [4.69, 9.17) is 18.8 Å². The maximum absolute atomic E-state index is 6.34. The zero-order valence-electron chi connectivity index (χ0n) is 25.6. The van der Waals surface area contributed by atoms with Gasteiger partial charge in [0.1, 0.15) is 28.0 Å². The van der Waals surface area contributed by atoms with Crippen molar-refractivity contribution in [2.75, 3.05) is 0 Å². The van der Waals surface area contributed by atoms with Crippen molar-refractivity contribution in [2.24, 2.45) is 0 Å². The molecule has 0 N–H and O–H groups in total. The molecule has 0 atom stereocenters. The fourth-order valence-electron chi connectivity index (χ4n) is 7.64. The highest BCUT2D eigenvalue weighted by atomic mass is 16.3. The van der Waals surface area contributed by atoms with Crippen LogP contribution in [0, 0.1) is 0 Å². The lowest BCUT2D eigenvalue weighted by Crippen LogP contribution is -1.94. The molecule has 0 radical (unpaired) electrons. The Morgan fingerprint density at radius 1 is 0.375 bits per heavy atom. The van der Waals surface area contributed by atoms with Gasteiger partial charge in [-0.2, -0.15) is 0 Å². The first-order valence-electron chi connectivity index (χ1n) is 16.2. The van der Waals surface area contributed by atoms with Crippen LogP contribution >= 0.6 is 0 Å². The summed E-state index contributed by atoms with van der Waals surface area (Å²) < 4.78 is 12.6. The first-order valence-corrected chi connectivity index (χ1v) is 16.2. The highest BCUT2D eigenvalue weighted by Gasteiger charge is 2.25. The van der Waals surface area contributed by atoms with Gasteiger partial charge in [0.15, 0.2) is 11.4 Å². The molecule has 0 unspecified atom stereocenters. The van der Waals surface area contributed by atoms with E-state index in [-0.39, 0.29) is 0 Å². The average Bonchev–Trinajstić information content (AvgIpc) is 3.82. The van der Waals surface area contributed by atoms with Crippen molar-refractivity contribution in [1.29, 1.82) is 0 Å². The van der Waals surface area contributed by atoms with E-state index in [0.29, 0.717) is 11.4 Å². The SMILES string of the molecule is c1ccc(-c2nc(-c3ccc(-c4ccc5c(c4)-c4cccc6c4c-5cc4oc5ccccc5c46)cc3)nc3c2oc2ccccc23)cc1. The Hall–Kier alpha value is -6.52. The van der Waals surface area contributed by atoms with Crippen molar-refractivity contribution < 1.29 is 8.83 Å². The number of rotatable bonds is 3. The predicted molar refractivity (Wildman–Crippen MR) is 195 cm³/mol. The second-order valence-corrected chi connectivity index (χ2v) is 12.5. The largest absolute Gasteiger partial charge is 0.456 e. The Balaban J connectivity index is 1.02. The number of furan rings is 2. The number of fused-ring (bicyclic) bond motifs is 10. The maximum Gasteiger partial charge on any atom is 0.180 e. The van der Waals surface area contributed by atoms with Crippen molar-refractivity contribution in [3.63, 3.8) is 0 Å². The Morgan fingerprint density at radius 3 is 1.94 bits per heavy atom. The molecule has 0 amide bonds. The van der Waals surface area contributed by atoms with Gasteiger partial charge in [0.05, 0.1) is 0 Å². The number of aromatic nitrogens is 2. The highest BCUT2D eigenvalue weighted by molar-refractivity contribution is 6.28. The van der Waals surface area contributed by atoms with Gasteiger partial charge < -0.3 is 8.83 Å². The number of nitrogens with zero attached hydrogens (tertiary/aromatic N) is 2. The molecule has 0 fully saturated rings. The van der Waals surface area contributed by atoms with Gasteiger partial charge in [0.25, 0.3) is 0 Å². The molecule has 11 rings (SSSR count). The summed E-state index contributed by atoms with van der Waals surface area (Å²) >= 11 is 0. The molecular weight excluding hydrogens is 588 g/mol. The number of benzene rings is 7. The van der Waals surface area contributed by atoms with Gasteiger partial charge in [-0.25, -0.2) is 9.97 Å². The topological polar surface area (TPSA) is 52.1 Å². The van der Waals surface area contributed by atoms with E-state index in [9.17, 15) is 0 Å². The minimum atomic E-state index is 0.673. The van der Waals surface area contributed by atoms with E-state index >= 15 is 0 Å². The summed E-state index contributed by atoms with van der Waals surface area (Å²) in [6.45, 7) is 0. The second kappa shape index (κ2) is 9.50. The summed E-state index contributed by atoms with van der Waals surface area (Å²) in [6.07, 6.45) is 0. The summed E-state index contributed by atoms with van der Waals surface area (Å²) in [5.74, 6) is 0.673. The maximum atomic E-state index is 6.34. The predicted octanol–water partition coefficient (Wildman–Crippen LogP) is 12.1. The van der Waals surface area contributed by atoms with E-state index in [1.54, 1.807) is 0 Å². The van der Waals surface area contributed by atoms with E-state index in [0.717, 1.165) is 55.4 Å². The van der Waals surface area contributed by atoms with Gasteiger partial charge >= 0.3 is 0 Å². The Kier molecular flexibility index (Phi) is 5.08. The Labute approximate surface area is 274 Å². The van der Waals surface area contributed by atoms with E-state index in [1.807, 2.05) is 48.5 Å². The lowest BCUT2D eigenvalue weighted by atomic mass is 9.97. The molecule has 48 heavy (non-hydrogen) atoms. The van der Waals surface area contributed by atoms with Gasteiger partial charge in [-0.3, -0.25) is 0 Å². The van der Waals surface area contributed by atoms with Gasteiger partial charge in [-0.15, -0.1) is 0 Å². The van der Waals surface area contributed by atoms with Gasteiger partial charge in [0.2, 0.25) is 0 Å². The molecule has 0 aliphatic heterocycles. The zero-order chi connectivity index (χ0) is 31.3. The standard InChI is InChI=1S/C44H24N2O2/c1-2-9-26(10-3-1)41-43-42(32-12-5-7-16-37(32)48-43)46-44(45-41)27-19-17-25(18-20-27)28-21-22-29-34(23-28)30-13-8-14-33-39(30)35(29)24-38-40(33)31-11-4-6-15-36(31)47-38/h1-24H. The van der Waals surface area contributed by atoms with Gasteiger partial charge in [-0.05, 0) is 74.5 Å². The molecule has 0 bridgehead atoms. The molecule has 0 saturated carbocycles. The van der Waals surface area contributed by atoms with Crippen LogP contribution < -0.4 is 0 Å². The third kappa shape index (κ3) is 3.54. The van der Waals surface area contributed by atoms with Crippen LogP contribution in [-0.2, 0) is 0 Å². The first-order chi connectivity index (χ1) is 23.8. The lowest BCUT2D eigenvalue weighted by Gasteiger charge is -2.09. The number of hydrogen-bond acceptors (Lipinski definition) is 4. The third-order valence-electron chi connectivity index (χ3n) is 9.84. The van der Waals surface area contributed by atoms with Gasteiger partial charge in [0, 0.05) is 27.3 Å². The van der Waals surface area contributed by atoms with Crippen LogP contribution in [0.15, 0.2) is 154 Å². The minimum Gasteiger partial charge on any atom is -0.456 e. The molecule has 222 valence electrons. The normalized spacial score (nSPS) is 12.2. The monoisotopic (exact) mass is 612 g/mol. The summed E-state index contributed by atoms with van der Waals surface area (Å²) in [6, 6.07) is 50.8. The van der Waals surface area contributed by atoms with E-state index < -0.39 is 0 Å². The Morgan fingerprint density at radius 2 is 1.08 bits per heavy atom. The van der Waals surface area contributed by atoms with Crippen LogP contribution in [0.4, 0.5) is 0 Å². The van der Waals surface area contributed by atoms with Crippen molar-refractivity contribution in [1.82, 2.24) is 9.97 Å². The quantitative estimate of drug-likeness (QED) is 0.199. The molecule has 3 heterocycles. The van der Waals surface area contributed by atoms with Crippen molar-refractivity contribution >= 4 is 54.8 Å². The molecular formula is C44H24N2O2. The molecule has 10 aromatic rings. The van der Waals surface area contributed by atoms with Crippen LogP contribution in [0.1, 0.15) is 0 Å². The van der Waals surface area contributed by atoms with Crippen LogP contribution in [0.25, 0.3) is 111 Å². The summed E-state index contributed by atoms with van der Waals surface area (Å²) in [4.78, 5) is 10.1. The first kappa shape index (κ1) is 25.6. The van der Waals surface area contributed by atoms with Crippen LogP contribution in [0.5, 0.6) is 0 Å². The van der Waals surface area contributed by atoms with Crippen LogP contribution in [-0.4, -0.2) is 9.97 Å². The molecule has 4 nitrogen and oxygen atoms in total. The molecule has 0 spiro atoms. The molecule has 7 aromatic carbocycles. The van der Waals surface area contributed by atoms with Gasteiger partial charge in [-0.1, -0.05) is 115 Å². The minimum absolute atomic E-state index is 0.673. The molecule has 4 heteroatoms. The fourth-order valence-corrected chi connectivity index (χ4v) is 7.64. The molecule has 3 aromatic heterocycles. The Bertz CT molecular complexity index is 2930. The summed E-state index contributed by atoms with van der Waals surface area (Å²) in [5.41, 5.74) is 14.3. The number of para-hydroxylation sites is 2. The zero-order valence-corrected chi connectivity index (χ0v) is 25.6. The van der Waals surface area contributed by atoms with Crippen LogP contribution in [0.3, 0.4) is 0 Å². The van der Waals surface area contributed by atoms with Crippen molar-refractivity contribution in [2.45, 2.75) is 0 Å². The summed E-state index contributed by atoms with van der Waals surface area (Å²) in [7, 11) is 0. The van der Waals surface area contributed by atoms with E-state index in [2.05, 4.69) is 97.1 Å². The average molecular weight is 613 g/mol. The molecule has 1 aliphatic rings. The van der Waals surface area contributed by atoms with Crippen molar-refractivity contribution in [3.8, 4) is 56.0 Å². The highest BCUT2D eigenvalue weighted by Crippen LogP contribution is 2.51. The van der Waals surface area contributed by atoms with Crippen LogP contribution in [0.2, 0.25) is 0 Å². The second-order valence-electron chi connectivity index (χ2n) is 12.5. The molecule has 0 saturated heterocycles. The third-order valence-corrected chi connectivity index (χ3v) is 9.84. The smallest absolute Gasteiger partial charge is 0.180 e. The molecule has 1 aliphatic carbocycles. The fraction of sp³-hybridized carbons (Fsp3) is 0. The summed E-state index contributed by atoms with van der Waals surface area (Å²) in [5, 5.41) is 5.87. The van der Waals surface area contributed by atoms with E-state index in [1.165, 1.54) is 44.0 Å². The lowest BCUT2D eigenvalue weighted by molar-refractivity contribution is 0.667.